The molecule has 0 unspecified atom stereocenters. The largest absolute Gasteiger partial charge is 0.205 e. The van der Waals surface area contributed by atoms with Crippen LogP contribution in [0.2, 0.25) is 0 Å². The highest BCUT2D eigenvalue weighted by molar-refractivity contribution is 14.1. The van der Waals surface area contributed by atoms with Crippen LogP contribution in [0.3, 0.4) is 0 Å². The van der Waals surface area contributed by atoms with Crippen LogP contribution in [0.1, 0.15) is 53.1 Å². The van der Waals surface area contributed by atoms with Gasteiger partial charge in [0.15, 0.2) is 0 Å². The quantitative estimate of drug-likeness (QED) is 0.271. The molecule has 3 aromatic rings. The van der Waals surface area contributed by atoms with Crippen molar-refractivity contribution < 1.29 is 4.39 Å². The maximum Gasteiger partial charge on any atom is 0.143 e. The molecule has 0 atom stereocenters. The van der Waals surface area contributed by atoms with Crippen molar-refractivity contribution in [3.8, 4) is 23.7 Å². The third-order valence-corrected chi connectivity index (χ3v) is 5.06. The SMILES string of the molecule is Cc1ccc(C#Cc2ccc(C#Cc3ccc(I)cc3)c(C(C)C)c2F)cc1. The summed E-state index contributed by atoms with van der Waals surface area (Å²) >= 11 is 2.26. The summed E-state index contributed by atoms with van der Waals surface area (Å²) < 4.78 is 16.3. The second kappa shape index (κ2) is 9.09. The molecule has 0 radical (unpaired) electrons. The van der Waals surface area contributed by atoms with E-state index in [-0.39, 0.29) is 11.7 Å². The van der Waals surface area contributed by atoms with Gasteiger partial charge in [-0.3, -0.25) is 0 Å². The first-order chi connectivity index (χ1) is 13.4. The van der Waals surface area contributed by atoms with Crippen molar-refractivity contribution in [2.75, 3.05) is 0 Å². The topological polar surface area (TPSA) is 0 Å². The summed E-state index contributed by atoms with van der Waals surface area (Å²) in [6.45, 7) is 5.99. The normalized spacial score (nSPS) is 10.1. The molecule has 3 aromatic carbocycles. The lowest BCUT2D eigenvalue weighted by Crippen LogP contribution is -2.00. The van der Waals surface area contributed by atoms with Crippen LogP contribution in [-0.4, -0.2) is 0 Å². The molecule has 0 nitrogen and oxygen atoms in total. The predicted octanol–water partition coefficient (Wildman–Crippen LogP) is 6.66. The lowest BCUT2D eigenvalue weighted by molar-refractivity contribution is 0.594. The Morgan fingerprint density at radius 3 is 1.79 bits per heavy atom. The summed E-state index contributed by atoms with van der Waals surface area (Å²) in [6.07, 6.45) is 0. The molecule has 0 amide bonds. The zero-order valence-electron chi connectivity index (χ0n) is 16.1. The van der Waals surface area contributed by atoms with Gasteiger partial charge in [-0.1, -0.05) is 55.2 Å². The Bertz CT molecular complexity index is 1100. The van der Waals surface area contributed by atoms with Gasteiger partial charge in [-0.25, -0.2) is 4.39 Å². The van der Waals surface area contributed by atoms with Crippen molar-refractivity contribution in [1.29, 1.82) is 0 Å². The van der Waals surface area contributed by atoms with Gasteiger partial charge < -0.3 is 0 Å². The van der Waals surface area contributed by atoms with E-state index in [1.165, 1.54) is 5.56 Å². The van der Waals surface area contributed by atoms with Crippen LogP contribution in [0.15, 0.2) is 60.7 Å². The monoisotopic (exact) mass is 478 g/mol. The third-order valence-electron chi connectivity index (χ3n) is 4.34. The molecule has 0 saturated heterocycles. The molecule has 0 aliphatic carbocycles. The van der Waals surface area contributed by atoms with E-state index in [9.17, 15) is 0 Å². The zero-order valence-corrected chi connectivity index (χ0v) is 18.3. The number of rotatable bonds is 1. The van der Waals surface area contributed by atoms with Crippen LogP contribution in [0.25, 0.3) is 0 Å². The molecule has 28 heavy (non-hydrogen) atoms. The molecule has 0 aliphatic heterocycles. The molecule has 0 aromatic heterocycles. The molecule has 0 N–H and O–H groups in total. The second-order valence-corrected chi connectivity index (χ2v) is 8.16. The number of halogens is 2. The van der Waals surface area contributed by atoms with Crippen molar-refractivity contribution in [1.82, 2.24) is 0 Å². The number of benzene rings is 3. The van der Waals surface area contributed by atoms with Crippen LogP contribution in [0, 0.1) is 40.0 Å². The smallest absolute Gasteiger partial charge is 0.143 e. The van der Waals surface area contributed by atoms with Gasteiger partial charge in [0.05, 0.1) is 5.56 Å². The van der Waals surface area contributed by atoms with Gasteiger partial charge in [-0.2, -0.15) is 0 Å². The second-order valence-electron chi connectivity index (χ2n) is 6.92. The first-order valence-corrected chi connectivity index (χ1v) is 10.2. The highest BCUT2D eigenvalue weighted by Gasteiger charge is 2.14. The van der Waals surface area contributed by atoms with Crippen molar-refractivity contribution in [2.45, 2.75) is 26.7 Å². The molecule has 0 heterocycles. The Kier molecular flexibility index (Phi) is 6.55. The van der Waals surface area contributed by atoms with E-state index in [4.69, 9.17) is 0 Å². The standard InChI is InChI=1S/C26H20FI/c1-18(2)25-22(12-8-21-10-16-24(28)17-11-21)14-15-23(26(25)27)13-9-20-6-4-19(3)5-7-20/h4-7,10-11,14-18H,1-3H3. The summed E-state index contributed by atoms with van der Waals surface area (Å²) in [6, 6.07) is 19.5. The maximum atomic E-state index is 15.2. The molecule has 0 saturated carbocycles. The summed E-state index contributed by atoms with van der Waals surface area (Å²) in [5.41, 5.74) is 4.71. The van der Waals surface area contributed by atoms with E-state index >= 15 is 4.39 Å². The lowest BCUT2D eigenvalue weighted by Gasteiger charge is -2.11. The summed E-state index contributed by atoms with van der Waals surface area (Å²) in [7, 11) is 0. The van der Waals surface area contributed by atoms with E-state index < -0.39 is 0 Å². The number of hydrogen-bond donors (Lipinski definition) is 0. The van der Waals surface area contributed by atoms with Crippen LogP contribution in [0.5, 0.6) is 0 Å². The highest BCUT2D eigenvalue weighted by atomic mass is 127. The first-order valence-electron chi connectivity index (χ1n) is 9.12. The maximum absolute atomic E-state index is 15.2. The molecule has 0 bridgehead atoms. The minimum atomic E-state index is -0.274. The Labute approximate surface area is 180 Å². The van der Waals surface area contributed by atoms with Crippen molar-refractivity contribution >= 4 is 22.6 Å². The van der Waals surface area contributed by atoms with Gasteiger partial charge in [0, 0.05) is 25.8 Å². The number of hydrogen-bond acceptors (Lipinski definition) is 0. The summed E-state index contributed by atoms with van der Waals surface area (Å²) in [5.74, 6) is 12.0. The summed E-state index contributed by atoms with van der Waals surface area (Å²) in [5, 5.41) is 0. The van der Waals surface area contributed by atoms with E-state index in [0.717, 1.165) is 14.7 Å². The molecule has 138 valence electrons. The van der Waals surface area contributed by atoms with Crippen molar-refractivity contribution in [3.63, 3.8) is 0 Å². The van der Waals surface area contributed by atoms with E-state index in [2.05, 4.69) is 46.3 Å². The zero-order chi connectivity index (χ0) is 20.1. The molecular formula is C26H20FI. The van der Waals surface area contributed by atoms with Crippen LogP contribution in [0.4, 0.5) is 4.39 Å². The third kappa shape index (κ3) is 5.03. The molecule has 2 heteroatoms. The minimum absolute atomic E-state index is 0.0159. The van der Waals surface area contributed by atoms with Crippen LogP contribution >= 0.6 is 22.6 Å². The van der Waals surface area contributed by atoms with Gasteiger partial charge in [-0.15, -0.1) is 0 Å². The van der Waals surface area contributed by atoms with Crippen LogP contribution in [-0.2, 0) is 0 Å². The first kappa shape index (κ1) is 20.2. The van der Waals surface area contributed by atoms with E-state index in [1.54, 1.807) is 6.07 Å². The van der Waals surface area contributed by atoms with Gasteiger partial charge >= 0.3 is 0 Å². The van der Waals surface area contributed by atoms with Gasteiger partial charge in [0.1, 0.15) is 5.82 Å². The highest BCUT2D eigenvalue weighted by Crippen LogP contribution is 2.25. The molecule has 0 spiro atoms. The molecule has 3 rings (SSSR count). The van der Waals surface area contributed by atoms with Gasteiger partial charge in [0.25, 0.3) is 0 Å². The fraction of sp³-hybridized carbons (Fsp3) is 0.154. The Morgan fingerprint density at radius 1 is 0.714 bits per heavy atom. The predicted molar refractivity (Wildman–Crippen MR) is 123 cm³/mol. The van der Waals surface area contributed by atoms with Crippen molar-refractivity contribution in [3.05, 3.63) is 103 Å². The average molecular weight is 478 g/mol. The molecule has 0 fully saturated rings. The van der Waals surface area contributed by atoms with E-state index in [1.807, 2.05) is 75.4 Å². The molecule has 0 aliphatic rings. The minimum Gasteiger partial charge on any atom is -0.205 e. The van der Waals surface area contributed by atoms with Gasteiger partial charge in [-0.05, 0) is 84.0 Å². The Hall–Kier alpha value is -2.56. The number of aryl methyl sites for hydroxylation is 1. The van der Waals surface area contributed by atoms with Crippen LogP contribution < -0.4 is 0 Å². The molecular weight excluding hydrogens is 458 g/mol. The average Bonchev–Trinajstić information content (AvgIpc) is 2.67. The Morgan fingerprint density at radius 2 is 1.21 bits per heavy atom. The summed E-state index contributed by atoms with van der Waals surface area (Å²) in [4.78, 5) is 0. The van der Waals surface area contributed by atoms with Gasteiger partial charge in [0.2, 0.25) is 0 Å². The van der Waals surface area contributed by atoms with Crippen molar-refractivity contribution in [2.24, 2.45) is 0 Å². The lowest BCUT2D eigenvalue weighted by atomic mass is 9.94. The fourth-order valence-corrected chi connectivity index (χ4v) is 3.17. The van der Waals surface area contributed by atoms with E-state index in [0.29, 0.717) is 16.7 Å². The fourth-order valence-electron chi connectivity index (χ4n) is 2.81. The Balaban J connectivity index is 1.97.